The Labute approximate surface area is 228 Å². The Morgan fingerprint density at radius 3 is 2.75 bits per heavy atom. The molecule has 9 heteroatoms. The van der Waals surface area contributed by atoms with Crippen LogP contribution in [0.4, 0.5) is 0 Å². The van der Waals surface area contributed by atoms with Crippen molar-refractivity contribution in [3.05, 3.63) is 90.5 Å². The van der Waals surface area contributed by atoms with E-state index in [1.807, 2.05) is 50.2 Å². The van der Waals surface area contributed by atoms with Crippen LogP contribution in [0.1, 0.15) is 25.8 Å². The number of para-hydroxylation sites is 1. The number of ether oxygens (including phenoxy) is 1. The van der Waals surface area contributed by atoms with Crippen LogP contribution in [0.15, 0.2) is 83.9 Å². The van der Waals surface area contributed by atoms with E-state index in [0.717, 1.165) is 16.3 Å². The number of fused-ring (bicyclic) bond motifs is 2. The molecule has 2 aromatic heterocycles. The van der Waals surface area contributed by atoms with Crippen LogP contribution in [0, 0.1) is 0 Å². The Kier molecular flexibility index (Phi) is 7.01. The molecule has 2 heterocycles. The van der Waals surface area contributed by atoms with Gasteiger partial charge >= 0.3 is 0 Å². The molecule has 182 valence electrons. The fourth-order valence-electron chi connectivity index (χ4n) is 3.69. The zero-order valence-corrected chi connectivity index (χ0v) is 23.3. The van der Waals surface area contributed by atoms with E-state index < -0.39 is 0 Å². The summed E-state index contributed by atoms with van der Waals surface area (Å²) in [5, 5.41) is 6.28. The van der Waals surface area contributed by atoms with Crippen molar-refractivity contribution in [2.24, 2.45) is 5.10 Å². The fraction of sp³-hybridized carbons (Fsp3) is 0.148. The lowest BCUT2D eigenvalue weighted by atomic mass is 10.2. The number of benzene rings is 3. The highest BCUT2D eigenvalue weighted by atomic mass is 79.9. The molecule has 0 aliphatic heterocycles. The van der Waals surface area contributed by atoms with Crippen molar-refractivity contribution in [2.75, 3.05) is 0 Å². The average molecular weight is 630 g/mol. The number of halogens is 3. The largest absolute Gasteiger partial charge is 0.488 e. The average Bonchev–Trinajstić information content (AvgIpc) is 3.28. The van der Waals surface area contributed by atoms with Gasteiger partial charge in [-0.15, -0.1) is 0 Å². The molecule has 5 aromatic rings. The first-order chi connectivity index (χ1) is 17.3. The molecule has 0 bridgehead atoms. The number of hydrogen-bond acceptors (Lipinski definition) is 5. The molecule has 36 heavy (non-hydrogen) atoms. The van der Waals surface area contributed by atoms with Crippen LogP contribution in [0.5, 0.6) is 5.75 Å². The molecule has 6 nitrogen and oxygen atoms in total. The summed E-state index contributed by atoms with van der Waals surface area (Å²) in [5.74, 6) is 1.30. The Hall–Kier alpha value is -2.94. The Morgan fingerprint density at radius 2 is 1.97 bits per heavy atom. The molecule has 0 amide bonds. The molecular weight excluding hydrogens is 610 g/mol. The summed E-state index contributed by atoms with van der Waals surface area (Å²) in [6.07, 6.45) is 2.43. The van der Waals surface area contributed by atoms with Gasteiger partial charge in [-0.2, -0.15) is 9.78 Å². The number of nitrogens with zero attached hydrogens (tertiary/aromatic N) is 3. The standard InChI is InChI=1S/C27H20Br2ClN3O3/c1-3-15(2)35-25-20(29)10-16(11-21(25)30)14-31-33-26(32-22-7-5-4-6-19(22)27(33)34)24-13-17-12-18(28)8-9-23(17)36-24/h4-15H,3H2,1-2H3/t15-/m0/s1. The van der Waals surface area contributed by atoms with Crippen molar-refractivity contribution < 1.29 is 9.15 Å². The summed E-state index contributed by atoms with van der Waals surface area (Å²) in [6.45, 7) is 4.02. The Bertz CT molecular complexity index is 1670. The van der Waals surface area contributed by atoms with Gasteiger partial charge in [-0.05, 0) is 83.4 Å². The third-order valence-corrected chi connectivity index (χ3v) is 7.05. The zero-order valence-electron chi connectivity index (χ0n) is 19.3. The van der Waals surface area contributed by atoms with Gasteiger partial charge in [0.05, 0.1) is 32.7 Å². The monoisotopic (exact) mass is 627 g/mol. The highest BCUT2D eigenvalue weighted by molar-refractivity contribution is 9.10. The second-order valence-corrected chi connectivity index (χ2v) is 10.4. The van der Waals surface area contributed by atoms with E-state index in [1.165, 1.54) is 4.68 Å². The molecule has 0 saturated heterocycles. The molecule has 0 spiro atoms. The van der Waals surface area contributed by atoms with E-state index >= 15 is 0 Å². The summed E-state index contributed by atoms with van der Waals surface area (Å²) < 4.78 is 14.8. The summed E-state index contributed by atoms with van der Waals surface area (Å²) >= 11 is 13.5. The van der Waals surface area contributed by atoms with Gasteiger partial charge in [-0.3, -0.25) is 4.79 Å². The highest BCUT2D eigenvalue weighted by Crippen LogP contribution is 2.35. The first-order valence-corrected chi connectivity index (χ1v) is 13.2. The van der Waals surface area contributed by atoms with Crippen LogP contribution in [-0.4, -0.2) is 22.0 Å². The predicted molar refractivity (Wildman–Crippen MR) is 151 cm³/mol. The Balaban J connectivity index is 1.63. The summed E-state index contributed by atoms with van der Waals surface area (Å²) in [4.78, 5) is 18.2. The first kappa shape index (κ1) is 24.7. The summed E-state index contributed by atoms with van der Waals surface area (Å²) in [5.41, 5.74) is 1.61. The summed E-state index contributed by atoms with van der Waals surface area (Å²) in [6, 6.07) is 18.3. The van der Waals surface area contributed by atoms with E-state index in [0.29, 0.717) is 48.9 Å². The van der Waals surface area contributed by atoms with Crippen LogP contribution in [0.3, 0.4) is 0 Å². The number of rotatable bonds is 6. The fourth-order valence-corrected chi connectivity index (χ4v) is 5.03. The lowest BCUT2D eigenvalue weighted by Gasteiger charge is -2.15. The second kappa shape index (κ2) is 10.2. The number of furan rings is 1. The van der Waals surface area contributed by atoms with Crippen molar-refractivity contribution in [2.45, 2.75) is 26.4 Å². The SMILES string of the molecule is CC[C@H](C)Oc1c(Cl)cc(C=Nn2c(-c3cc4cc(Br)ccc4o3)nc3ccccc3c2=O)cc1Br. The van der Waals surface area contributed by atoms with Gasteiger partial charge in [-0.1, -0.05) is 46.6 Å². The summed E-state index contributed by atoms with van der Waals surface area (Å²) in [7, 11) is 0. The lowest BCUT2D eigenvalue weighted by Crippen LogP contribution is -2.20. The quantitative estimate of drug-likeness (QED) is 0.178. The molecule has 3 aromatic carbocycles. The van der Waals surface area contributed by atoms with Crippen molar-refractivity contribution >= 4 is 71.5 Å². The molecule has 0 fully saturated rings. The van der Waals surface area contributed by atoms with Crippen molar-refractivity contribution in [1.29, 1.82) is 0 Å². The van der Waals surface area contributed by atoms with Gasteiger partial charge in [0.15, 0.2) is 11.5 Å². The normalized spacial score (nSPS) is 12.6. The maximum absolute atomic E-state index is 13.5. The highest BCUT2D eigenvalue weighted by Gasteiger charge is 2.17. The molecule has 0 N–H and O–H groups in total. The van der Waals surface area contributed by atoms with E-state index in [-0.39, 0.29) is 11.7 Å². The van der Waals surface area contributed by atoms with Gasteiger partial charge in [-0.25, -0.2) is 4.98 Å². The molecule has 0 unspecified atom stereocenters. The van der Waals surface area contributed by atoms with Gasteiger partial charge in [0, 0.05) is 9.86 Å². The maximum atomic E-state index is 13.5. The van der Waals surface area contributed by atoms with Crippen LogP contribution in [0.2, 0.25) is 5.02 Å². The predicted octanol–water partition coefficient (Wildman–Crippen LogP) is 8.05. The van der Waals surface area contributed by atoms with Crippen molar-refractivity contribution in [3.63, 3.8) is 0 Å². The number of aromatic nitrogens is 2. The molecular formula is C27H20Br2ClN3O3. The van der Waals surface area contributed by atoms with Crippen LogP contribution in [0.25, 0.3) is 33.5 Å². The molecule has 0 radical (unpaired) electrons. The maximum Gasteiger partial charge on any atom is 0.282 e. The van der Waals surface area contributed by atoms with E-state index in [1.54, 1.807) is 30.5 Å². The minimum Gasteiger partial charge on any atom is -0.488 e. The van der Waals surface area contributed by atoms with Gasteiger partial charge in [0.1, 0.15) is 5.58 Å². The smallest absolute Gasteiger partial charge is 0.282 e. The first-order valence-electron chi connectivity index (χ1n) is 11.3. The van der Waals surface area contributed by atoms with E-state index in [9.17, 15) is 4.79 Å². The Morgan fingerprint density at radius 1 is 1.17 bits per heavy atom. The zero-order chi connectivity index (χ0) is 25.4. The third kappa shape index (κ3) is 4.85. The van der Waals surface area contributed by atoms with E-state index in [4.69, 9.17) is 25.7 Å². The van der Waals surface area contributed by atoms with Crippen LogP contribution in [-0.2, 0) is 0 Å². The van der Waals surface area contributed by atoms with Crippen LogP contribution >= 0.6 is 43.5 Å². The lowest BCUT2D eigenvalue weighted by molar-refractivity contribution is 0.216. The molecule has 1 atom stereocenters. The number of hydrogen-bond donors (Lipinski definition) is 0. The molecule has 0 aliphatic carbocycles. The topological polar surface area (TPSA) is 69.6 Å². The van der Waals surface area contributed by atoms with Crippen molar-refractivity contribution in [3.8, 4) is 17.3 Å². The third-order valence-electron chi connectivity index (χ3n) is 5.69. The van der Waals surface area contributed by atoms with Gasteiger partial charge in [0.2, 0.25) is 5.82 Å². The second-order valence-electron chi connectivity index (χ2n) is 8.26. The molecule has 0 saturated carbocycles. The van der Waals surface area contributed by atoms with Gasteiger partial charge < -0.3 is 9.15 Å². The van der Waals surface area contributed by atoms with Crippen LogP contribution < -0.4 is 10.3 Å². The van der Waals surface area contributed by atoms with E-state index in [2.05, 4.69) is 37.0 Å². The minimum absolute atomic E-state index is 0.0209. The molecule has 0 aliphatic rings. The minimum atomic E-state index is -0.310. The van der Waals surface area contributed by atoms with Gasteiger partial charge in [0.25, 0.3) is 5.56 Å². The molecule has 5 rings (SSSR count). The van der Waals surface area contributed by atoms with Crippen molar-refractivity contribution in [1.82, 2.24) is 9.66 Å².